The molecule has 1 saturated heterocycles. The summed E-state index contributed by atoms with van der Waals surface area (Å²) in [6.07, 6.45) is 4.78. The summed E-state index contributed by atoms with van der Waals surface area (Å²) in [4.78, 5) is 2.07. The first-order valence-corrected chi connectivity index (χ1v) is 5.75. The summed E-state index contributed by atoms with van der Waals surface area (Å²) in [5, 5.41) is 18.6. The summed E-state index contributed by atoms with van der Waals surface area (Å²) in [6.45, 7) is 4.86. The predicted molar refractivity (Wildman–Crippen MR) is 57.9 cm³/mol. The van der Waals surface area contributed by atoms with E-state index in [0.717, 1.165) is 39.1 Å². The minimum Gasteiger partial charge on any atom is -0.365 e. The van der Waals surface area contributed by atoms with E-state index in [4.69, 9.17) is 0 Å². The van der Waals surface area contributed by atoms with Crippen LogP contribution in [0.3, 0.4) is 0 Å². The van der Waals surface area contributed by atoms with Gasteiger partial charge in [0.1, 0.15) is 0 Å². The van der Waals surface area contributed by atoms with Gasteiger partial charge >= 0.3 is 0 Å². The molecule has 0 aromatic rings. The summed E-state index contributed by atoms with van der Waals surface area (Å²) in [5.41, 5.74) is 0. The number of aliphatic hydroxyl groups is 1. The van der Waals surface area contributed by atoms with Crippen molar-refractivity contribution >= 4 is 0 Å². The standard InChI is InChI=1S/C10H20N4O/c15-10(14-7-5-12-6-8-14)13-9-1-3-11-4-2-9/h1,3,9-13,15H,2,4-8H2/p+1. The molecule has 0 radical (unpaired) electrons. The van der Waals surface area contributed by atoms with Gasteiger partial charge in [-0.1, -0.05) is 0 Å². The highest BCUT2D eigenvalue weighted by molar-refractivity contribution is 4.90. The molecular weight excluding hydrogens is 192 g/mol. The van der Waals surface area contributed by atoms with Crippen LogP contribution in [0.1, 0.15) is 6.42 Å². The molecule has 2 heterocycles. The van der Waals surface area contributed by atoms with Gasteiger partial charge in [-0.15, -0.1) is 0 Å². The number of nitrogens with one attached hydrogen (secondary N) is 2. The monoisotopic (exact) mass is 213 g/mol. The highest BCUT2D eigenvalue weighted by Gasteiger charge is 2.21. The molecule has 0 aromatic carbocycles. The van der Waals surface area contributed by atoms with Crippen LogP contribution in [0, 0.1) is 0 Å². The molecule has 86 valence electrons. The second-order valence-corrected chi connectivity index (χ2v) is 4.13. The topological polar surface area (TPSA) is 64.1 Å². The molecule has 5 heteroatoms. The summed E-state index contributed by atoms with van der Waals surface area (Å²) < 4.78 is 0. The number of hydrogen-bond donors (Lipinski definition) is 4. The largest absolute Gasteiger partial charge is 0.365 e. The van der Waals surface area contributed by atoms with Gasteiger partial charge in [-0.2, -0.15) is 0 Å². The Labute approximate surface area is 90.5 Å². The zero-order valence-corrected chi connectivity index (χ0v) is 9.02. The number of aliphatic hydroxyl groups excluding tert-OH is 1. The lowest BCUT2D eigenvalue weighted by molar-refractivity contribution is -0.592. The summed E-state index contributed by atoms with van der Waals surface area (Å²) in [5.74, 6) is 0. The van der Waals surface area contributed by atoms with E-state index >= 15 is 0 Å². The molecule has 2 atom stereocenters. The molecule has 0 saturated carbocycles. The van der Waals surface area contributed by atoms with E-state index in [1.807, 2.05) is 0 Å². The first kappa shape index (κ1) is 11.0. The second-order valence-electron chi connectivity index (χ2n) is 4.13. The van der Waals surface area contributed by atoms with Crippen molar-refractivity contribution in [2.45, 2.75) is 18.8 Å². The van der Waals surface area contributed by atoms with Gasteiger partial charge in [-0.25, -0.2) is 0 Å². The average molecular weight is 213 g/mol. The SMILES string of the molecule is OC(NC1C=C[NH2+]CC1)N1CCNCC1. The van der Waals surface area contributed by atoms with Crippen molar-refractivity contribution in [2.24, 2.45) is 0 Å². The number of nitrogens with zero attached hydrogens (tertiary/aromatic N) is 1. The van der Waals surface area contributed by atoms with Gasteiger partial charge < -0.3 is 15.7 Å². The van der Waals surface area contributed by atoms with Gasteiger partial charge in [0.25, 0.3) is 0 Å². The van der Waals surface area contributed by atoms with Crippen LogP contribution >= 0.6 is 0 Å². The number of nitrogens with two attached hydrogens (primary N) is 1. The molecule has 2 aliphatic heterocycles. The molecule has 15 heavy (non-hydrogen) atoms. The number of hydrogen-bond acceptors (Lipinski definition) is 4. The first-order valence-electron chi connectivity index (χ1n) is 5.75. The third-order valence-electron chi connectivity index (χ3n) is 2.98. The normalized spacial score (nSPS) is 30.3. The van der Waals surface area contributed by atoms with Crippen molar-refractivity contribution in [3.8, 4) is 0 Å². The van der Waals surface area contributed by atoms with E-state index < -0.39 is 6.35 Å². The van der Waals surface area contributed by atoms with E-state index in [1.54, 1.807) is 0 Å². The van der Waals surface area contributed by atoms with Crippen molar-refractivity contribution in [2.75, 3.05) is 32.7 Å². The Morgan fingerprint density at radius 1 is 1.47 bits per heavy atom. The number of quaternary nitrogens is 1. The fraction of sp³-hybridized carbons (Fsp3) is 0.800. The van der Waals surface area contributed by atoms with Crippen LogP contribution in [-0.4, -0.2) is 55.1 Å². The van der Waals surface area contributed by atoms with E-state index in [9.17, 15) is 5.11 Å². The molecule has 0 aromatic heterocycles. The molecular formula is C10H21N4O+. The minimum absolute atomic E-state index is 0.319. The lowest BCUT2D eigenvalue weighted by Gasteiger charge is -2.33. The van der Waals surface area contributed by atoms with Crippen molar-refractivity contribution < 1.29 is 10.4 Å². The van der Waals surface area contributed by atoms with E-state index in [-0.39, 0.29) is 0 Å². The number of piperazine rings is 1. The predicted octanol–water partition coefficient (Wildman–Crippen LogP) is -2.39. The lowest BCUT2D eigenvalue weighted by atomic mass is 10.1. The van der Waals surface area contributed by atoms with Crippen LogP contribution in [0.4, 0.5) is 0 Å². The minimum atomic E-state index is -0.500. The third kappa shape index (κ3) is 3.25. The molecule has 0 spiro atoms. The van der Waals surface area contributed by atoms with Crippen LogP contribution in [0.15, 0.2) is 12.3 Å². The zero-order chi connectivity index (χ0) is 10.5. The Kier molecular flexibility index (Phi) is 4.10. The fourth-order valence-corrected chi connectivity index (χ4v) is 2.04. The Morgan fingerprint density at radius 3 is 2.93 bits per heavy atom. The van der Waals surface area contributed by atoms with Gasteiger partial charge in [-0.3, -0.25) is 10.2 Å². The Bertz CT molecular complexity index is 215. The molecule has 2 aliphatic rings. The van der Waals surface area contributed by atoms with Crippen molar-refractivity contribution in [1.82, 2.24) is 15.5 Å². The second kappa shape index (κ2) is 5.58. The highest BCUT2D eigenvalue weighted by Crippen LogP contribution is 2.00. The zero-order valence-electron chi connectivity index (χ0n) is 9.02. The van der Waals surface area contributed by atoms with Crippen molar-refractivity contribution in [3.63, 3.8) is 0 Å². The van der Waals surface area contributed by atoms with Crippen LogP contribution < -0.4 is 16.0 Å². The Morgan fingerprint density at radius 2 is 2.27 bits per heavy atom. The molecule has 0 amide bonds. The number of rotatable bonds is 3. The molecule has 5 nitrogen and oxygen atoms in total. The molecule has 0 bridgehead atoms. The summed E-state index contributed by atoms with van der Waals surface area (Å²) in [6, 6.07) is 0.319. The lowest BCUT2D eigenvalue weighted by Crippen LogP contribution is -2.80. The maximum atomic E-state index is 9.97. The summed E-state index contributed by atoms with van der Waals surface area (Å²) >= 11 is 0. The van der Waals surface area contributed by atoms with Gasteiger partial charge in [0.15, 0.2) is 6.35 Å². The van der Waals surface area contributed by atoms with Crippen LogP contribution in [-0.2, 0) is 0 Å². The van der Waals surface area contributed by atoms with Crippen LogP contribution in [0.5, 0.6) is 0 Å². The van der Waals surface area contributed by atoms with E-state index in [1.165, 1.54) is 0 Å². The van der Waals surface area contributed by atoms with Gasteiger partial charge in [0.2, 0.25) is 0 Å². The molecule has 0 aliphatic carbocycles. The maximum absolute atomic E-state index is 9.97. The van der Waals surface area contributed by atoms with Gasteiger partial charge in [0, 0.05) is 38.6 Å². The Balaban J connectivity index is 1.77. The van der Waals surface area contributed by atoms with Gasteiger partial charge in [0.05, 0.1) is 12.7 Å². The van der Waals surface area contributed by atoms with Crippen LogP contribution in [0.25, 0.3) is 0 Å². The molecule has 1 fully saturated rings. The van der Waals surface area contributed by atoms with Gasteiger partial charge in [-0.05, 0) is 6.08 Å². The smallest absolute Gasteiger partial charge is 0.163 e. The molecule has 2 rings (SSSR count). The molecule has 2 unspecified atom stereocenters. The highest BCUT2D eigenvalue weighted by atomic mass is 16.3. The first-order chi connectivity index (χ1) is 7.36. The fourth-order valence-electron chi connectivity index (χ4n) is 2.04. The van der Waals surface area contributed by atoms with E-state index in [2.05, 4.69) is 33.1 Å². The van der Waals surface area contributed by atoms with E-state index in [0.29, 0.717) is 6.04 Å². The van der Waals surface area contributed by atoms with Crippen LogP contribution in [0.2, 0.25) is 0 Å². The van der Waals surface area contributed by atoms with Crippen molar-refractivity contribution in [3.05, 3.63) is 12.3 Å². The molecule has 5 N–H and O–H groups in total. The quantitative estimate of drug-likeness (QED) is 0.395. The third-order valence-corrected chi connectivity index (χ3v) is 2.98. The average Bonchev–Trinajstić information content (AvgIpc) is 2.31. The van der Waals surface area contributed by atoms with Crippen molar-refractivity contribution in [1.29, 1.82) is 0 Å². The maximum Gasteiger partial charge on any atom is 0.163 e. The Hall–Kier alpha value is -0.460. The summed E-state index contributed by atoms with van der Waals surface area (Å²) in [7, 11) is 0.